The Morgan fingerprint density at radius 1 is 1.15 bits per heavy atom. The minimum absolute atomic E-state index is 0.0867. The van der Waals surface area contributed by atoms with Crippen molar-refractivity contribution in [3.63, 3.8) is 0 Å². The quantitative estimate of drug-likeness (QED) is 0.920. The Hall–Kier alpha value is -2.63. The first kappa shape index (κ1) is 13.8. The highest BCUT2D eigenvalue weighted by molar-refractivity contribution is 5.88. The van der Waals surface area contributed by atoms with Gasteiger partial charge in [-0.25, -0.2) is 14.8 Å². The van der Waals surface area contributed by atoms with E-state index in [9.17, 15) is 4.79 Å². The van der Waals surface area contributed by atoms with Crippen molar-refractivity contribution in [3.8, 4) is 22.9 Å². The lowest BCUT2D eigenvalue weighted by Crippen LogP contribution is -2.04. The van der Waals surface area contributed by atoms with E-state index in [-0.39, 0.29) is 5.56 Å². The van der Waals surface area contributed by atoms with Crippen LogP contribution in [0.3, 0.4) is 0 Å². The fourth-order valence-electron chi connectivity index (χ4n) is 1.75. The summed E-state index contributed by atoms with van der Waals surface area (Å²) in [6.07, 6.45) is 1.30. The van der Waals surface area contributed by atoms with Crippen LogP contribution in [0.25, 0.3) is 11.4 Å². The molecule has 104 valence electrons. The third kappa shape index (κ3) is 2.69. The van der Waals surface area contributed by atoms with Crippen molar-refractivity contribution < 1.29 is 19.4 Å². The van der Waals surface area contributed by atoms with Crippen molar-refractivity contribution in [1.82, 2.24) is 9.97 Å². The highest BCUT2D eigenvalue weighted by atomic mass is 16.5. The SMILES string of the molecule is COc1cc(OC)cc(-c2ncc(C(=O)O)c(C)n2)c1. The molecule has 6 nitrogen and oxygen atoms in total. The second kappa shape index (κ2) is 5.56. The monoisotopic (exact) mass is 274 g/mol. The maximum atomic E-state index is 11.0. The van der Waals surface area contributed by atoms with E-state index in [1.165, 1.54) is 6.20 Å². The number of nitrogens with zero attached hydrogens (tertiary/aromatic N) is 2. The Morgan fingerprint density at radius 3 is 2.20 bits per heavy atom. The molecule has 0 radical (unpaired) electrons. The number of hydrogen-bond acceptors (Lipinski definition) is 5. The lowest BCUT2D eigenvalue weighted by Gasteiger charge is -2.08. The van der Waals surface area contributed by atoms with Gasteiger partial charge in [-0.1, -0.05) is 0 Å². The Bertz CT molecular complexity index is 633. The van der Waals surface area contributed by atoms with E-state index in [4.69, 9.17) is 14.6 Å². The van der Waals surface area contributed by atoms with Gasteiger partial charge in [-0.05, 0) is 19.1 Å². The predicted octanol–water partition coefficient (Wildman–Crippen LogP) is 2.17. The fraction of sp³-hybridized carbons (Fsp3) is 0.214. The minimum atomic E-state index is -1.04. The van der Waals surface area contributed by atoms with Gasteiger partial charge in [-0.2, -0.15) is 0 Å². The highest BCUT2D eigenvalue weighted by Crippen LogP contribution is 2.28. The van der Waals surface area contributed by atoms with Crippen LogP contribution in [0.5, 0.6) is 11.5 Å². The highest BCUT2D eigenvalue weighted by Gasteiger charge is 2.12. The van der Waals surface area contributed by atoms with E-state index in [1.807, 2.05) is 0 Å². The maximum absolute atomic E-state index is 11.0. The van der Waals surface area contributed by atoms with Crippen LogP contribution in [-0.2, 0) is 0 Å². The zero-order valence-electron chi connectivity index (χ0n) is 11.4. The summed E-state index contributed by atoms with van der Waals surface area (Å²) in [5.74, 6) is 0.604. The second-order valence-corrected chi connectivity index (χ2v) is 4.10. The summed E-state index contributed by atoms with van der Waals surface area (Å²) >= 11 is 0. The number of aryl methyl sites for hydroxylation is 1. The summed E-state index contributed by atoms with van der Waals surface area (Å²) in [5.41, 5.74) is 1.19. The molecule has 2 aromatic rings. The molecule has 0 spiro atoms. The third-order valence-corrected chi connectivity index (χ3v) is 2.82. The Kier molecular flexibility index (Phi) is 3.84. The van der Waals surface area contributed by atoms with Crippen molar-refractivity contribution in [2.75, 3.05) is 14.2 Å². The third-order valence-electron chi connectivity index (χ3n) is 2.82. The zero-order valence-corrected chi connectivity index (χ0v) is 11.4. The molecule has 1 aromatic heterocycles. The van der Waals surface area contributed by atoms with Crippen LogP contribution in [0.4, 0.5) is 0 Å². The molecule has 0 saturated carbocycles. The molecule has 6 heteroatoms. The van der Waals surface area contributed by atoms with E-state index < -0.39 is 5.97 Å². The maximum Gasteiger partial charge on any atom is 0.339 e. The van der Waals surface area contributed by atoms with Crippen molar-refractivity contribution in [3.05, 3.63) is 35.7 Å². The van der Waals surface area contributed by atoms with Gasteiger partial charge in [0, 0.05) is 17.8 Å². The van der Waals surface area contributed by atoms with Gasteiger partial charge in [-0.3, -0.25) is 0 Å². The molecule has 0 saturated heterocycles. The lowest BCUT2D eigenvalue weighted by atomic mass is 10.1. The van der Waals surface area contributed by atoms with Crippen LogP contribution in [0.2, 0.25) is 0 Å². The topological polar surface area (TPSA) is 81.5 Å². The minimum Gasteiger partial charge on any atom is -0.497 e. The summed E-state index contributed by atoms with van der Waals surface area (Å²) in [4.78, 5) is 19.2. The van der Waals surface area contributed by atoms with Gasteiger partial charge in [0.15, 0.2) is 5.82 Å². The second-order valence-electron chi connectivity index (χ2n) is 4.10. The van der Waals surface area contributed by atoms with Gasteiger partial charge < -0.3 is 14.6 Å². The van der Waals surface area contributed by atoms with Crippen molar-refractivity contribution in [2.24, 2.45) is 0 Å². The first-order valence-corrected chi connectivity index (χ1v) is 5.85. The van der Waals surface area contributed by atoms with Crippen molar-refractivity contribution >= 4 is 5.97 Å². The van der Waals surface area contributed by atoms with Crippen LogP contribution in [0.1, 0.15) is 16.1 Å². The largest absolute Gasteiger partial charge is 0.497 e. The van der Waals surface area contributed by atoms with Crippen LogP contribution in [0.15, 0.2) is 24.4 Å². The smallest absolute Gasteiger partial charge is 0.339 e. The van der Waals surface area contributed by atoms with Gasteiger partial charge in [0.1, 0.15) is 11.5 Å². The van der Waals surface area contributed by atoms with Gasteiger partial charge in [0.05, 0.1) is 25.5 Å². The summed E-state index contributed by atoms with van der Waals surface area (Å²) in [6.45, 7) is 1.63. The molecule has 1 heterocycles. The molecule has 1 aromatic carbocycles. The number of carboxylic acid groups (broad SMARTS) is 1. The standard InChI is InChI=1S/C14H14N2O4/c1-8-12(14(17)18)7-15-13(16-8)9-4-10(19-2)6-11(5-9)20-3/h4-7H,1-3H3,(H,17,18). The lowest BCUT2D eigenvalue weighted by molar-refractivity contribution is 0.0695. The van der Waals surface area contributed by atoms with Crippen LogP contribution in [-0.4, -0.2) is 35.3 Å². The van der Waals surface area contributed by atoms with Gasteiger partial charge in [0.2, 0.25) is 0 Å². The Morgan fingerprint density at radius 2 is 1.75 bits per heavy atom. The number of aromatic nitrogens is 2. The molecule has 0 fully saturated rings. The number of rotatable bonds is 4. The number of aromatic carboxylic acids is 1. The molecule has 0 aliphatic heterocycles. The summed E-state index contributed by atoms with van der Waals surface area (Å²) < 4.78 is 10.4. The molecule has 0 atom stereocenters. The molecular weight excluding hydrogens is 260 g/mol. The van der Waals surface area contributed by atoms with Crippen LogP contribution in [0, 0.1) is 6.92 Å². The first-order valence-electron chi connectivity index (χ1n) is 5.85. The first-order chi connectivity index (χ1) is 9.55. The van der Waals surface area contributed by atoms with E-state index in [2.05, 4.69) is 9.97 Å². The predicted molar refractivity (Wildman–Crippen MR) is 72.3 cm³/mol. The molecule has 1 N–H and O–H groups in total. The molecular formula is C14H14N2O4. The number of hydrogen-bond donors (Lipinski definition) is 1. The van der Waals surface area contributed by atoms with Gasteiger partial charge in [-0.15, -0.1) is 0 Å². The summed E-state index contributed by atoms with van der Waals surface area (Å²) in [6, 6.07) is 5.26. The van der Waals surface area contributed by atoms with Gasteiger partial charge in [0.25, 0.3) is 0 Å². The molecule has 0 aliphatic carbocycles. The zero-order chi connectivity index (χ0) is 14.7. The molecule has 0 unspecified atom stereocenters. The van der Waals surface area contributed by atoms with Crippen molar-refractivity contribution in [1.29, 1.82) is 0 Å². The van der Waals surface area contributed by atoms with E-state index in [0.717, 1.165) is 0 Å². The number of methoxy groups -OCH3 is 2. The molecule has 0 amide bonds. The average Bonchev–Trinajstić information content (AvgIpc) is 2.46. The van der Waals surface area contributed by atoms with Gasteiger partial charge >= 0.3 is 5.97 Å². The van der Waals surface area contributed by atoms with E-state index in [1.54, 1.807) is 39.3 Å². The number of benzene rings is 1. The number of ether oxygens (including phenoxy) is 2. The van der Waals surface area contributed by atoms with E-state index >= 15 is 0 Å². The number of carboxylic acids is 1. The van der Waals surface area contributed by atoms with Crippen LogP contribution >= 0.6 is 0 Å². The molecule has 20 heavy (non-hydrogen) atoms. The van der Waals surface area contributed by atoms with E-state index in [0.29, 0.717) is 28.6 Å². The molecule has 2 rings (SSSR count). The fourth-order valence-corrected chi connectivity index (χ4v) is 1.75. The Labute approximate surface area is 116 Å². The summed E-state index contributed by atoms with van der Waals surface area (Å²) in [7, 11) is 3.11. The molecule has 0 bridgehead atoms. The summed E-state index contributed by atoms with van der Waals surface area (Å²) in [5, 5.41) is 8.97. The molecule has 0 aliphatic rings. The normalized spacial score (nSPS) is 10.2. The number of carbonyl (C=O) groups is 1. The Balaban J connectivity index is 2.51. The van der Waals surface area contributed by atoms with Crippen LogP contribution < -0.4 is 9.47 Å². The average molecular weight is 274 g/mol. The van der Waals surface area contributed by atoms with Crippen molar-refractivity contribution in [2.45, 2.75) is 6.92 Å².